The van der Waals surface area contributed by atoms with E-state index in [4.69, 9.17) is 4.98 Å². The maximum absolute atomic E-state index is 12.8. The third-order valence-electron chi connectivity index (χ3n) is 5.70. The van der Waals surface area contributed by atoms with Crippen molar-refractivity contribution >= 4 is 28.1 Å². The number of rotatable bonds is 4. The molecule has 6 heteroatoms. The molecule has 0 radical (unpaired) electrons. The van der Waals surface area contributed by atoms with Crippen molar-refractivity contribution in [2.45, 2.75) is 31.2 Å². The van der Waals surface area contributed by atoms with E-state index >= 15 is 0 Å². The van der Waals surface area contributed by atoms with Gasteiger partial charge in [-0.15, -0.1) is 11.3 Å². The topological polar surface area (TPSA) is 66.1 Å². The van der Waals surface area contributed by atoms with Gasteiger partial charge < -0.3 is 16.0 Å². The van der Waals surface area contributed by atoms with Crippen molar-refractivity contribution < 1.29 is 4.79 Å². The van der Waals surface area contributed by atoms with Gasteiger partial charge in [-0.2, -0.15) is 0 Å². The fraction of sp³-hybridized carbons (Fsp3) is 0.474. The summed E-state index contributed by atoms with van der Waals surface area (Å²) in [5.41, 5.74) is 2.03. The van der Waals surface area contributed by atoms with E-state index in [2.05, 4.69) is 16.0 Å². The van der Waals surface area contributed by atoms with E-state index in [-0.39, 0.29) is 11.8 Å². The molecule has 3 unspecified atom stereocenters. The third-order valence-corrected chi connectivity index (χ3v) is 6.74. The molecule has 2 aromatic rings. The number of anilines is 2. The molecule has 2 heterocycles. The van der Waals surface area contributed by atoms with E-state index in [0.717, 1.165) is 48.9 Å². The summed E-state index contributed by atoms with van der Waals surface area (Å²) in [6.07, 6.45) is 3.01. The fourth-order valence-electron chi connectivity index (χ4n) is 4.27. The number of para-hydroxylation sites is 1. The molecule has 1 aliphatic heterocycles. The highest BCUT2D eigenvalue weighted by Crippen LogP contribution is 2.43. The van der Waals surface area contributed by atoms with Crippen molar-refractivity contribution in [2.75, 3.05) is 18.4 Å². The van der Waals surface area contributed by atoms with Crippen LogP contribution in [0.4, 0.5) is 10.8 Å². The van der Waals surface area contributed by atoms with E-state index in [1.807, 2.05) is 30.3 Å². The summed E-state index contributed by atoms with van der Waals surface area (Å²) < 4.78 is 0. The maximum atomic E-state index is 12.8. The molecule has 130 valence electrons. The first-order valence-corrected chi connectivity index (χ1v) is 9.94. The monoisotopic (exact) mass is 354 g/mol. The minimum atomic E-state index is -0.0828. The van der Waals surface area contributed by atoms with Gasteiger partial charge in [-0.05, 0) is 43.2 Å². The Morgan fingerprint density at radius 1 is 1.20 bits per heavy atom. The molecule has 3 atom stereocenters. The Hall–Kier alpha value is -1.92. The van der Waals surface area contributed by atoms with Gasteiger partial charge in [0.05, 0.1) is 11.6 Å². The van der Waals surface area contributed by atoms with Crippen LogP contribution in [0.15, 0.2) is 30.3 Å². The van der Waals surface area contributed by atoms with Crippen LogP contribution in [-0.2, 0) is 11.2 Å². The Bertz CT molecular complexity index is 780. The average Bonchev–Trinajstić information content (AvgIpc) is 3.00. The van der Waals surface area contributed by atoms with Crippen LogP contribution in [-0.4, -0.2) is 30.0 Å². The van der Waals surface area contributed by atoms with Crippen molar-refractivity contribution in [3.8, 4) is 0 Å². The van der Waals surface area contributed by atoms with Crippen molar-refractivity contribution in [3.63, 3.8) is 0 Å². The summed E-state index contributed by atoms with van der Waals surface area (Å²) in [6, 6.07) is 10.5. The SMILES string of the molecule is O=C(NC1C2CNCC21)C1CCCc2sc(Nc3ccccc3)nc21. The van der Waals surface area contributed by atoms with Crippen LogP contribution in [0.3, 0.4) is 0 Å². The molecule has 1 aromatic heterocycles. The van der Waals surface area contributed by atoms with E-state index < -0.39 is 0 Å². The number of nitrogens with zero attached hydrogens (tertiary/aromatic N) is 1. The highest BCUT2D eigenvalue weighted by Gasteiger charge is 2.54. The molecular weight excluding hydrogens is 332 g/mol. The first kappa shape index (κ1) is 15.3. The summed E-state index contributed by atoms with van der Waals surface area (Å²) >= 11 is 1.69. The van der Waals surface area contributed by atoms with Crippen LogP contribution >= 0.6 is 11.3 Å². The molecule has 1 saturated carbocycles. The second-order valence-electron chi connectivity index (χ2n) is 7.28. The summed E-state index contributed by atoms with van der Waals surface area (Å²) in [6.45, 7) is 2.10. The Balaban J connectivity index is 1.31. The lowest BCUT2D eigenvalue weighted by molar-refractivity contribution is -0.123. The molecule has 2 aliphatic carbocycles. The van der Waals surface area contributed by atoms with Gasteiger partial charge in [-0.3, -0.25) is 4.79 Å². The van der Waals surface area contributed by atoms with Crippen LogP contribution in [0.5, 0.6) is 0 Å². The molecule has 3 aliphatic rings. The summed E-state index contributed by atoms with van der Waals surface area (Å²) in [5.74, 6) is 1.40. The number of amides is 1. The molecule has 1 amide bonds. The number of aryl methyl sites for hydroxylation is 1. The average molecular weight is 354 g/mol. The number of hydrogen-bond donors (Lipinski definition) is 3. The highest BCUT2D eigenvalue weighted by atomic mass is 32.1. The van der Waals surface area contributed by atoms with Crippen molar-refractivity contribution in [1.29, 1.82) is 0 Å². The van der Waals surface area contributed by atoms with Crippen molar-refractivity contribution in [2.24, 2.45) is 11.8 Å². The number of hydrogen-bond acceptors (Lipinski definition) is 5. The number of thiazole rings is 1. The van der Waals surface area contributed by atoms with Gasteiger partial charge in [0.1, 0.15) is 0 Å². The zero-order valence-electron chi connectivity index (χ0n) is 14.0. The zero-order chi connectivity index (χ0) is 16.8. The first-order valence-electron chi connectivity index (χ1n) is 9.12. The molecule has 1 saturated heterocycles. The van der Waals surface area contributed by atoms with Gasteiger partial charge in [0, 0.05) is 29.7 Å². The molecule has 0 bridgehead atoms. The number of carbonyl (C=O) groups excluding carboxylic acids is 1. The number of aromatic nitrogens is 1. The summed E-state index contributed by atoms with van der Waals surface area (Å²) in [5, 5.41) is 10.9. The predicted octanol–water partition coefficient (Wildman–Crippen LogP) is 2.64. The molecule has 5 nitrogen and oxygen atoms in total. The van der Waals surface area contributed by atoms with Crippen LogP contribution in [0.1, 0.15) is 29.3 Å². The fourth-order valence-corrected chi connectivity index (χ4v) is 5.35. The number of carbonyl (C=O) groups is 1. The van der Waals surface area contributed by atoms with Crippen LogP contribution < -0.4 is 16.0 Å². The minimum absolute atomic E-state index is 0.0828. The van der Waals surface area contributed by atoms with E-state index in [1.54, 1.807) is 11.3 Å². The van der Waals surface area contributed by atoms with Crippen molar-refractivity contribution in [3.05, 3.63) is 40.9 Å². The number of fused-ring (bicyclic) bond motifs is 2. The van der Waals surface area contributed by atoms with Gasteiger partial charge in [0.2, 0.25) is 5.91 Å². The molecule has 25 heavy (non-hydrogen) atoms. The number of benzene rings is 1. The molecule has 0 spiro atoms. The quantitative estimate of drug-likeness (QED) is 0.790. The van der Waals surface area contributed by atoms with Crippen LogP contribution in [0, 0.1) is 11.8 Å². The Morgan fingerprint density at radius 2 is 2.00 bits per heavy atom. The van der Waals surface area contributed by atoms with Gasteiger partial charge in [0.25, 0.3) is 0 Å². The van der Waals surface area contributed by atoms with E-state index in [9.17, 15) is 4.79 Å². The predicted molar refractivity (Wildman–Crippen MR) is 99.3 cm³/mol. The lowest BCUT2D eigenvalue weighted by Crippen LogP contribution is -2.36. The summed E-state index contributed by atoms with van der Waals surface area (Å²) in [4.78, 5) is 18.9. The zero-order valence-corrected chi connectivity index (χ0v) is 14.8. The molecule has 3 N–H and O–H groups in total. The van der Waals surface area contributed by atoms with Gasteiger partial charge in [0.15, 0.2) is 5.13 Å². The Kier molecular flexibility index (Phi) is 3.75. The van der Waals surface area contributed by atoms with Gasteiger partial charge in [-0.25, -0.2) is 4.98 Å². The van der Waals surface area contributed by atoms with Crippen molar-refractivity contribution in [1.82, 2.24) is 15.6 Å². The number of nitrogens with one attached hydrogen (secondary N) is 3. The van der Waals surface area contributed by atoms with Gasteiger partial charge in [-0.1, -0.05) is 18.2 Å². The molecular formula is C19H22N4OS. The number of piperidine rings is 1. The molecule has 1 aromatic carbocycles. The van der Waals surface area contributed by atoms with Gasteiger partial charge >= 0.3 is 0 Å². The highest BCUT2D eigenvalue weighted by molar-refractivity contribution is 7.15. The standard InChI is InChI=1S/C19H22N4OS/c24-18(22-16-13-9-20-10-14(13)16)12-7-4-8-15-17(12)23-19(25-15)21-11-5-2-1-3-6-11/h1-3,5-6,12-14,16,20H,4,7-10H2,(H,21,23)(H,22,24). The molecule has 5 rings (SSSR count). The third kappa shape index (κ3) is 2.83. The second kappa shape index (κ2) is 6.11. The lowest BCUT2D eigenvalue weighted by atomic mass is 9.90. The second-order valence-corrected chi connectivity index (χ2v) is 8.37. The Labute approximate surface area is 151 Å². The Morgan fingerprint density at radius 3 is 2.80 bits per heavy atom. The van der Waals surface area contributed by atoms with Crippen LogP contribution in [0.2, 0.25) is 0 Å². The van der Waals surface area contributed by atoms with E-state index in [1.165, 1.54) is 4.88 Å². The van der Waals surface area contributed by atoms with Crippen LogP contribution in [0.25, 0.3) is 0 Å². The normalized spacial score (nSPS) is 29.6. The molecule has 2 fully saturated rings. The summed E-state index contributed by atoms with van der Waals surface area (Å²) in [7, 11) is 0. The largest absolute Gasteiger partial charge is 0.352 e. The lowest BCUT2D eigenvalue weighted by Gasteiger charge is -2.21. The minimum Gasteiger partial charge on any atom is -0.352 e. The maximum Gasteiger partial charge on any atom is 0.229 e. The van der Waals surface area contributed by atoms with E-state index in [0.29, 0.717) is 17.9 Å². The first-order chi connectivity index (χ1) is 12.3. The smallest absolute Gasteiger partial charge is 0.229 e.